The minimum atomic E-state index is -3.09. The first-order chi connectivity index (χ1) is 15.1. The lowest BCUT2D eigenvalue weighted by Gasteiger charge is -2.32. The molecule has 0 heterocycles. The van der Waals surface area contributed by atoms with Crippen molar-refractivity contribution >= 4 is 47.1 Å². The van der Waals surface area contributed by atoms with Crippen molar-refractivity contribution in [2.45, 2.75) is 0 Å². The summed E-state index contributed by atoms with van der Waals surface area (Å²) in [6, 6.07) is 39.0. The van der Waals surface area contributed by atoms with Crippen molar-refractivity contribution in [3.63, 3.8) is 0 Å². The SMILES string of the molecule is S=P(NP(=S)(c1ccccc1)c1ccccc1)(Oc1ccccc1)Oc1ccccc1. The highest BCUT2D eigenvalue weighted by Gasteiger charge is 2.33. The van der Waals surface area contributed by atoms with E-state index in [-0.39, 0.29) is 0 Å². The summed E-state index contributed by atoms with van der Waals surface area (Å²) in [6.07, 6.45) is -2.54. The average Bonchev–Trinajstić information content (AvgIpc) is 2.81. The molecule has 0 aromatic heterocycles. The maximum atomic E-state index is 6.32. The summed E-state index contributed by atoms with van der Waals surface area (Å²) in [5.41, 5.74) is 0. The topological polar surface area (TPSA) is 30.5 Å². The van der Waals surface area contributed by atoms with Gasteiger partial charge in [0, 0.05) is 22.4 Å². The highest BCUT2D eigenvalue weighted by molar-refractivity contribution is 8.25. The van der Waals surface area contributed by atoms with Crippen LogP contribution in [0.3, 0.4) is 0 Å². The van der Waals surface area contributed by atoms with E-state index < -0.39 is 12.8 Å². The monoisotopic (exact) mass is 481 g/mol. The highest BCUT2D eigenvalue weighted by atomic mass is 32.5. The van der Waals surface area contributed by atoms with Crippen LogP contribution in [0, 0.1) is 0 Å². The number of nitrogens with one attached hydrogen (secondary N) is 1. The van der Waals surface area contributed by atoms with Crippen LogP contribution in [-0.4, -0.2) is 0 Å². The van der Waals surface area contributed by atoms with Crippen LogP contribution >= 0.6 is 12.8 Å². The summed E-state index contributed by atoms with van der Waals surface area (Å²) in [6.45, 7) is -3.09. The van der Waals surface area contributed by atoms with E-state index in [1.54, 1.807) is 0 Å². The van der Waals surface area contributed by atoms with Gasteiger partial charge in [-0.15, -0.1) is 0 Å². The van der Waals surface area contributed by atoms with Crippen LogP contribution in [0.25, 0.3) is 0 Å². The third-order valence-electron chi connectivity index (χ3n) is 4.44. The van der Waals surface area contributed by atoms with Gasteiger partial charge >= 0.3 is 6.64 Å². The minimum absolute atomic E-state index is 0.636. The summed E-state index contributed by atoms with van der Waals surface area (Å²) in [4.78, 5) is 3.54. The van der Waals surface area contributed by atoms with E-state index in [9.17, 15) is 0 Å². The Labute approximate surface area is 193 Å². The molecule has 4 aromatic carbocycles. The Morgan fingerprint density at radius 1 is 0.484 bits per heavy atom. The molecule has 0 amide bonds. The smallest absolute Gasteiger partial charge is 0.369 e. The fraction of sp³-hybridized carbons (Fsp3) is 0. The maximum Gasteiger partial charge on any atom is 0.369 e. The summed E-state index contributed by atoms with van der Waals surface area (Å²) in [7, 11) is 0. The van der Waals surface area contributed by atoms with Gasteiger partial charge in [-0.2, -0.15) is 4.86 Å². The molecule has 1 N–H and O–H groups in total. The van der Waals surface area contributed by atoms with Gasteiger partial charge in [-0.05, 0) is 24.3 Å². The molecule has 7 heteroatoms. The van der Waals surface area contributed by atoms with Crippen LogP contribution in [0.15, 0.2) is 121 Å². The van der Waals surface area contributed by atoms with E-state index >= 15 is 0 Å². The molecule has 0 atom stereocenters. The minimum Gasteiger partial charge on any atom is -0.424 e. The molecule has 0 spiro atoms. The number of benzene rings is 4. The van der Waals surface area contributed by atoms with Crippen molar-refractivity contribution < 1.29 is 9.05 Å². The van der Waals surface area contributed by atoms with Gasteiger partial charge in [0.05, 0.1) is 6.19 Å². The molecule has 0 bridgehead atoms. The molecule has 4 rings (SSSR count). The number of para-hydroxylation sites is 2. The van der Waals surface area contributed by atoms with E-state index in [0.29, 0.717) is 11.5 Å². The summed E-state index contributed by atoms with van der Waals surface area (Å²) in [5, 5.41) is 2.00. The average molecular weight is 482 g/mol. The molecular weight excluding hydrogens is 460 g/mol. The van der Waals surface area contributed by atoms with E-state index in [0.717, 1.165) is 10.6 Å². The van der Waals surface area contributed by atoms with Crippen LogP contribution in [0.4, 0.5) is 0 Å². The number of hydrogen-bond acceptors (Lipinski definition) is 4. The zero-order valence-corrected chi connectivity index (χ0v) is 20.0. The molecule has 31 heavy (non-hydrogen) atoms. The zero-order valence-electron chi connectivity index (χ0n) is 16.6. The summed E-state index contributed by atoms with van der Waals surface area (Å²) in [5.74, 6) is 1.27. The molecule has 0 radical (unpaired) electrons. The third-order valence-corrected chi connectivity index (χ3v) is 12.7. The van der Waals surface area contributed by atoms with E-state index in [1.165, 1.54) is 0 Å². The van der Waals surface area contributed by atoms with Crippen molar-refractivity contribution in [1.29, 1.82) is 0 Å². The largest absolute Gasteiger partial charge is 0.424 e. The van der Waals surface area contributed by atoms with Gasteiger partial charge in [0.2, 0.25) is 0 Å². The van der Waals surface area contributed by atoms with Gasteiger partial charge in [0.25, 0.3) is 0 Å². The van der Waals surface area contributed by atoms with Crippen LogP contribution in [0.2, 0.25) is 0 Å². The molecule has 4 aromatic rings. The second-order valence-corrected chi connectivity index (χ2v) is 14.2. The standard InChI is InChI=1S/C24H21NO2P2S2/c30-28(23-17-9-3-10-18-23,24-19-11-4-12-20-24)25-29(31,26-21-13-5-1-6-14-21)27-22-15-7-2-8-16-22/h1-20H,(H,25,30,31). The molecule has 0 unspecified atom stereocenters. The molecule has 0 fully saturated rings. The molecule has 0 aliphatic rings. The predicted octanol–water partition coefficient (Wildman–Crippen LogP) is 6.00. The lowest BCUT2D eigenvalue weighted by Crippen LogP contribution is -2.28. The molecule has 0 saturated heterocycles. The second kappa shape index (κ2) is 9.91. The first-order valence-corrected chi connectivity index (χ1v) is 15.1. The van der Waals surface area contributed by atoms with E-state index in [1.807, 2.05) is 121 Å². The Morgan fingerprint density at radius 2 is 0.806 bits per heavy atom. The van der Waals surface area contributed by atoms with Crippen LogP contribution in [0.1, 0.15) is 0 Å². The number of hydrogen-bond donors (Lipinski definition) is 1. The van der Waals surface area contributed by atoms with Crippen molar-refractivity contribution in [1.82, 2.24) is 4.86 Å². The quantitative estimate of drug-likeness (QED) is 0.312. The van der Waals surface area contributed by atoms with Crippen LogP contribution in [-0.2, 0) is 23.6 Å². The lowest BCUT2D eigenvalue weighted by atomic mass is 10.3. The highest BCUT2D eigenvalue weighted by Crippen LogP contribution is 2.55. The molecule has 0 saturated carbocycles. The van der Waals surface area contributed by atoms with Gasteiger partial charge in [-0.1, -0.05) is 109 Å². The molecule has 156 valence electrons. The van der Waals surface area contributed by atoms with Gasteiger partial charge in [-0.25, -0.2) is 0 Å². The van der Waals surface area contributed by atoms with Crippen molar-refractivity contribution in [2.75, 3.05) is 0 Å². The zero-order chi connectivity index (χ0) is 21.6. The number of rotatable bonds is 8. The van der Waals surface area contributed by atoms with Crippen LogP contribution < -0.4 is 24.5 Å². The fourth-order valence-electron chi connectivity index (χ4n) is 3.01. The van der Waals surface area contributed by atoms with Gasteiger partial charge in [0.15, 0.2) is 0 Å². The molecule has 0 aliphatic heterocycles. The first-order valence-electron chi connectivity index (χ1n) is 9.68. The molecule has 0 aliphatic carbocycles. The Morgan fingerprint density at radius 3 is 1.16 bits per heavy atom. The molecule has 3 nitrogen and oxygen atoms in total. The maximum absolute atomic E-state index is 6.32. The summed E-state index contributed by atoms with van der Waals surface area (Å²) >= 11 is 12.3. The summed E-state index contributed by atoms with van der Waals surface area (Å²) < 4.78 is 12.6. The lowest BCUT2D eigenvalue weighted by molar-refractivity contribution is 0.483. The predicted molar refractivity (Wildman–Crippen MR) is 138 cm³/mol. The van der Waals surface area contributed by atoms with Gasteiger partial charge in [0.1, 0.15) is 11.5 Å². The Bertz CT molecular complexity index is 1120. The Hall–Kier alpha value is -2.26. The van der Waals surface area contributed by atoms with E-state index in [4.69, 9.17) is 32.7 Å². The molecular formula is C24H21NO2P2S2. The first kappa shape index (κ1) is 22.0. The van der Waals surface area contributed by atoms with Crippen molar-refractivity contribution in [3.8, 4) is 11.5 Å². The fourth-order valence-corrected chi connectivity index (χ4v) is 11.7. The van der Waals surface area contributed by atoms with Crippen molar-refractivity contribution in [2.24, 2.45) is 0 Å². The Balaban J connectivity index is 1.79. The van der Waals surface area contributed by atoms with Crippen molar-refractivity contribution in [3.05, 3.63) is 121 Å². The normalized spacial score (nSPS) is 11.6. The van der Waals surface area contributed by atoms with E-state index in [2.05, 4.69) is 4.86 Å². The van der Waals surface area contributed by atoms with Gasteiger partial charge in [-0.3, -0.25) is 0 Å². The third kappa shape index (κ3) is 5.51. The van der Waals surface area contributed by atoms with Crippen LogP contribution in [0.5, 0.6) is 11.5 Å². The Kier molecular flexibility index (Phi) is 7.02. The second-order valence-electron chi connectivity index (χ2n) is 6.69. The van der Waals surface area contributed by atoms with Gasteiger partial charge < -0.3 is 9.05 Å².